The molecule has 1 unspecified atom stereocenters. The van der Waals surface area contributed by atoms with Gasteiger partial charge in [0.2, 0.25) is 0 Å². The van der Waals surface area contributed by atoms with Crippen LogP contribution in [0.15, 0.2) is 0 Å². The zero-order valence-corrected chi connectivity index (χ0v) is 23.7. The van der Waals surface area contributed by atoms with Gasteiger partial charge in [0.15, 0.2) is 5.92 Å². The van der Waals surface area contributed by atoms with Crippen molar-refractivity contribution in [1.29, 1.82) is 0 Å². The highest BCUT2D eigenvalue weighted by molar-refractivity contribution is 5.93. The van der Waals surface area contributed by atoms with Crippen molar-refractivity contribution < 1.29 is 24.3 Å². The first-order valence-electron chi connectivity index (χ1n) is 14.4. The van der Waals surface area contributed by atoms with Crippen LogP contribution in [0.1, 0.15) is 144 Å². The average molecular weight is 498 g/mol. The Labute approximate surface area is 215 Å². The van der Waals surface area contributed by atoms with Crippen LogP contribution < -0.4 is 0 Å². The zero-order chi connectivity index (χ0) is 26.3. The van der Waals surface area contributed by atoms with Gasteiger partial charge in [-0.2, -0.15) is 5.06 Å². The lowest BCUT2D eigenvalue weighted by atomic mass is 9.80. The van der Waals surface area contributed by atoms with Gasteiger partial charge < -0.3 is 9.84 Å². The molecule has 0 aromatic heterocycles. The Bertz CT molecular complexity index is 586. The highest BCUT2D eigenvalue weighted by Gasteiger charge is 2.48. The zero-order valence-electron chi connectivity index (χ0n) is 23.7. The Morgan fingerprint density at radius 3 is 1.74 bits per heavy atom. The monoisotopic (exact) mass is 497 g/mol. The molecule has 1 saturated heterocycles. The maximum Gasteiger partial charge on any atom is 0.320 e. The van der Waals surface area contributed by atoms with Gasteiger partial charge in [0, 0.05) is 23.9 Å². The summed E-state index contributed by atoms with van der Waals surface area (Å²) in [6.07, 6.45) is 16.3. The second kappa shape index (κ2) is 16.6. The maximum atomic E-state index is 12.8. The minimum atomic E-state index is -1.07. The fourth-order valence-corrected chi connectivity index (χ4v) is 5.54. The summed E-state index contributed by atoms with van der Waals surface area (Å²) < 4.78 is 5.82. The number of rotatable bonds is 19. The molecule has 0 aromatic rings. The van der Waals surface area contributed by atoms with E-state index < -0.39 is 17.9 Å². The van der Waals surface area contributed by atoms with Gasteiger partial charge in [-0.3, -0.25) is 14.4 Å². The van der Waals surface area contributed by atoms with Crippen molar-refractivity contribution in [3.8, 4) is 0 Å². The van der Waals surface area contributed by atoms with E-state index in [1.54, 1.807) is 0 Å². The number of carboxylic acid groups (broad SMARTS) is 1. The number of carbonyl (C=O) groups excluding carboxylic acids is 1. The summed E-state index contributed by atoms with van der Waals surface area (Å²) in [6.45, 7) is 13.6. The first-order chi connectivity index (χ1) is 16.5. The van der Waals surface area contributed by atoms with Gasteiger partial charge in [0.25, 0.3) is 0 Å². The van der Waals surface area contributed by atoms with E-state index >= 15 is 0 Å². The van der Waals surface area contributed by atoms with Gasteiger partial charge >= 0.3 is 11.9 Å². The average Bonchev–Trinajstić information content (AvgIpc) is 2.75. The van der Waals surface area contributed by atoms with Crippen molar-refractivity contribution in [1.82, 2.24) is 5.06 Å². The quantitative estimate of drug-likeness (QED) is 0.112. The Hall–Kier alpha value is -1.14. The smallest absolute Gasteiger partial charge is 0.320 e. The second-order valence-corrected chi connectivity index (χ2v) is 11.8. The molecule has 1 atom stereocenters. The van der Waals surface area contributed by atoms with Crippen LogP contribution in [0.25, 0.3) is 0 Å². The van der Waals surface area contributed by atoms with Gasteiger partial charge in [0.05, 0.1) is 6.61 Å². The third-order valence-electron chi connectivity index (χ3n) is 7.23. The molecule has 0 aliphatic carbocycles. The lowest BCUT2D eigenvalue weighted by Gasteiger charge is -2.53. The van der Waals surface area contributed by atoms with E-state index in [0.29, 0.717) is 25.9 Å². The summed E-state index contributed by atoms with van der Waals surface area (Å²) in [7, 11) is 0. The van der Waals surface area contributed by atoms with Crippen molar-refractivity contribution in [3.63, 3.8) is 0 Å². The van der Waals surface area contributed by atoms with Gasteiger partial charge in [-0.05, 0) is 40.5 Å². The molecule has 0 aromatic carbocycles. The summed E-state index contributed by atoms with van der Waals surface area (Å²) in [5.41, 5.74) is -0.627. The molecule has 1 aliphatic heterocycles. The van der Waals surface area contributed by atoms with Crippen LogP contribution in [0.4, 0.5) is 0 Å². The molecule has 35 heavy (non-hydrogen) atoms. The molecule has 0 bridgehead atoms. The summed E-state index contributed by atoms with van der Waals surface area (Å²) in [6, 6.07) is 0. The van der Waals surface area contributed by atoms with Crippen molar-refractivity contribution in [2.75, 3.05) is 6.61 Å². The van der Waals surface area contributed by atoms with Crippen LogP contribution in [0.3, 0.4) is 0 Å². The molecule has 6 heteroatoms. The van der Waals surface area contributed by atoms with Gasteiger partial charge in [-0.25, -0.2) is 0 Å². The van der Waals surface area contributed by atoms with E-state index in [2.05, 4.69) is 46.6 Å². The molecule has 1 N–H and O–H groups in total. The van der Waals surface area contributed by atoms with E-state index in [0.717, 1.165) is 25.7 Å². The van der Waals surface area contributed by atoms with Crippen molar-refractivity contribution >= 4 is 11.9 Å². The first-order valence-corrected chi connectivity index (χ1v) is 14.4. The van der Waals surface area contributed by atoms with Gasteiger partial charge in [0.1, 0.15) is 6.10 Å². The fraction of sp³-hybridized carbons (Fsp3) is 0.931. The number of esters is 1. The van der Waals surface area contributed by atoms with Crippen LogP contribution in [0.2, 0.25) is 0 Å². The van der Waals surface area contributed by atoms with Crippen molar-refractivity contribution in [2.24, 2.45) is 5.92 Å². The first kappa shape index (κ1) is 31.9. The highest BCUT2D eigenvalue weighted by Crippen LogP contribution is 2.40. The Morgan fingerprint density at radius 2 is 1.26 bits per heavy atom. The molecule has 1 fully saturated rings. The van der Waals surface area contributed by atoms with E-state index in [-0.39, 0.29) is 17.2 Å². The fourth-order valence-electron chi connectivity index (χ4n) is 5.54. The highest BCUT2D eigenvalue weighted by atomic mass is 16.7. The van der Waals surface area contributed by atoms with Gasteiger partial charge in [-0.15, -0.1) is 0 Å². The molecule has 206 valence electrons. The van der Waals surface area contributed by atoms with Crippen LogP contribution in [0, 0.1) is 5.92 Å². The summed E-state index contributed by atoms with van der Waals surface area (Å²) in [5.74, 6) is -2.72. The number of hydrogen-bond acceptors (Lipinski definition) is 5. The minimum absolute atomic E-state index is 0.308. The SMILES string of the molecule is CCCCCCCCCC(C(=O)O)C(=O)OC1CC(C)(C)N(OCCCCCCCC)C(C)(C)C1. The number of nitrogens with zero attached hydrogens (tertiary/aromatic N) is 1. The molecule has 0 amide bonds. The molecule has 1 heterocycles. The topological polar surface area (TPSA) is 76.1 Å². The van der Waals surface area contributed by atoms with E-state index in [1.807, 2.05) is 0 Å². The number of piperidine rings is 1. The third-order valence-corrected chi connectivity index (χ3v) is 7.23. The summed E-state index contributed by atoms with van der Waals surface area (Å²) in [4.78, 5) is 30.9. The number of carboxylic acids is 1. The van der Waals surface area contributed by atoms with Crippen LogP contribution in [0.5, 0.6) is 0 Å². The lowest BCUT2D eigenvalue weighted by molar-refractivity contribution is -0.293. The van der Waals surface area contributed by atoms with Gasteiger partial charge in [-0.1, -0.05) is 90.9 Å². The van der Waals surface area contributed by atoms with Crippen LogP contribution in [-0.2, 0) is 19.2 Å². The predicted octanol–water partition coefficient (Wildman–Crippen LogP) is 7.68. The van der Waals surface area contributed by atoms with E-state index in [1.165, 1.54) is 57.8 Å². The predicted molar refractivity (Wildman–Crippen MR) is 142 cm³/mol. The summed E-state index contributed by atoms with van der Waals surface area (Å²) in [5, 5.41) is 11.7. The standard InChI is InChI=1S/C29H55NO5/c1-7-9-11-13-15-16-18-20-25(26(31)32)27(33)35-24-22-28(3,4)30(29(5,6)23-24)34-21-19-17-14-12-10-8-2/h24-25H,7-23H2,1-6H3,(H,31,32). The minimum Gasteiger partial charge on any atom is -0.481 e. The van der Waals surface area contributed by atoms with Crippen LogP contribution in [-0.4, -0.2) is 45.9 Å². The normalized spacial score (nSPS) is 18.9. The molecular weight excluding hydrogens is 442 g/mol. The number of hydrogen-bond donors (Lipinski definition) is 1. The largest absolute Gasteiger partial charge is 0.481 e. The number of unbranched alkanes of at least 4 members (excludes halogenated alkanes) is 11. The number of aliphatic carboxylic acids is 1. The number of carbonyl (C=O) groups is 2. The molecule has 1 rings (SSSR count). The van der Waals surface area contributed by atoms with E-state index in [9.17, 15) is 14.7 Å². The molecule has 0 spiro atoms. The molecular formula is C29H55NO5. The molecule has 1 aliphatic rings. The summed E-state index contributed by atoms with van der Waals surface area (Å²) >= 11 is 0. The Morgan fingerprint density at radius 1 is 0.800 bits per heavy atom. The Kier molecular flexibility index (Phi) is 15.1. The molecule has 0 saturated carbocycles. The lowest BCUT2D eigenvalue weighted by Crippen LogP contribution is -2.62. The number of ether oxygens (including phenoxy) is 1. The van der Waals surface area contributed by atoms with Crippen molar-refractivity contribution in [2.45, 2.75) is 161 Å². The Balaban J connectivity index is 2.54. The van der Waals surface area contributed by atoms with Crippen molar-refractivity contribution in [3.05, 3.63) is 0 Å². The molecule has 6 nitrogen and oxygen atoms in total. The number of hydroxylamine groups is 2. The van der Waals surface area contributed by atoms with Crippen LogP contribution >= 0.6 is 0 Å². The third kappa shape index (κ3) is 12.1. The molecule has 0 radical (unpaired) electrons. The second-order valence-electron chi connectivity index (χ2n) is 11.8. The van der Waals surface area contributed by atoms with E-state index in [4.69, 9.17) is 9.57 Å². The maximum absolute atomic E-state index is 12.8.